The molecular formula is C19H20N2O5. The molecule has 3 atom stereocenters. The van der Waals surface area contributed by atoms with Gasteiger partial charge < -0.3 is 9.26 Å². The van der Waals surface area contributed by atoms with Crippen LogP contribution in [0, 0.1) is 5.92 Å². The van der Waals surface area contributed by atoms with Crippen LogP contribution in [0.25, 0.3) is 11.0 Å². The van der Waals surface area contributed by atoms with Crippen LogP contribution in [0.4, 0.5) is 0 Å². The molecule has 1 saturated carbocycles. The summed E-state index contributed by atoms with van der Waals surface area (Å²) in [5, 5.41) is 7.25. The number of nitrogens with zero attached hydrogens (tertiary/aromatic N) is 1. The van der Waals surface area contributed by atoms with Crippen LogP contribution in [0.2, 0.25) is 0 Å². The molecule has 3 unspecified atom stereocenters. The van der Waals surface area contributed by atoms with E-state index < -0.39 is 5.92 Å². The molecule has 136 valence electrons. The molecule has 1 aromatic carbocycles. The number of ether oxygens (including phenoxy) is 1. The van der Waals surface area contributed by atoms with Crippen molar-refractivity contribution in [2.24, 2.45) is 5.92 Å². The number of hydrogen-bond acceptors (Lipinski definition) is 6. The SMILES string of the molecule is COC(=O)C1CCC(c2ccc3c(C4CCC(=O)NC4=O)noc3c2)C1. The second kappa shape index (κ2) is 6.55. The van der Waals surface area contributed by atoms with Crippen LogP contribution in [0.3, 0.4) is 0 Å². The first-order chi connectivity index (χ1) is 12.6. The lowest BCUT2D eigenvalue weighted by atomic mass is 9.91. The smallest absolute Gasteiger partial charge is 0.308 e. The summed E-state index contributed by atoms with van der Waals surface area (Å²) < 4.78 is 10.3. The number of carbonyl (C=O) groups excluding carboxylic acids is 3. The van der Waals surface area contributed by atoms with Gasteiger partial charge >= 0.3 is 5.97 Å². The molecule has 0 radical (unpaired) electrons. The first-order valence-electron chi connectivity index (χ1n) is 8.87. The number of fused-ring (bicyclic) bond motifs is 1. The van der Waals surface area contributed by atoms with Gasteiger partial charge in [0.2, 0.25) is 11.8 Å². The lowest BCUT2D eigenvalue weighted by Gasteiger charge is -2.18. The topological polar surface area (TPSA) is 98.5 Å². The van der Waals surface area contributed by atoms with Gasteiger partial charge in [0.15, 0.2) is 5.58 Å². The Morgan fingerprint density at radius 1 is 1.27 bits per heavy atom. The average molecular weight is 356 g/mol. The van der Waals surface area contributed by atoms with Gasteiger partial charge in [0, 0.05) is 11.8 Å². The van der Waals surface area contributed by atoms with Gasteiger partial charge in [-0.15, -0.1) is 0 Å². The number of carbonyl (C=O) groups is 3. The summed E-state index contributed by atoms with van der Waals surface area (Å²) in [6.45, 7) is 0. The quantitative estimate of drug-likeness (QED) is 0.670. The van der Waals surface area contributed by atoms with Crippen molar-refractivity contribution in [2.45, 2.75) is 43.9 Å². The number of rotatable bonds is 3. The number of aromatic nitrogens is 1. The van der Waals surface area contributed by atoms with E-state index in [1.54, 1.807) is 0 Å². The molecule has 2 heterocycles. The van der Waals surface area contributed by atoms with Crippen LogP contribution < -0.4 is 5.32 Å². The number of nitrogens with one attached hydrogen (secondary N) is 1. The van der Waals surface area contributed by atoms with Gasteiger partial charge in [-0.25, -0.2) is 0 Å². The maximum Gasteiger partial charge on any atom is 0.308 e. The molecule has 2 aromatic rings. The number of esters is 1. The van der Waals surface area contributed by atoms with Gasteiger partial charge in [0.1, 0.15) is 5.69 Å². The Hall–Kier alpha value is -2.70. The zero-order chi connectivity index (χ0) is 18.3. The van der Waals surface area contributed by atoms with Crippen LogP contribution in [0.15, 0.2) is 22.7 Å². The highest BCUT2D eigenvalue weighted by Gasteiger charge is 2.33. The Balaban J connectivity index is 1.57. The third-order valence-electron chi connectivity index (χ3n) is 5.53. The predicted octanol–water partition coefficient (Wildman–Crippen LogP) is 2.40. The number of piperidine rings is 1. The first kappa shape index (κ1) is 16.8. The van der Waals surface area contributed by atoms with E-state index >= 15 is 0 Å². The zero-order valence-corrected chi connectivity index (χ0v) is 14.5. The van der Waals surface area contributed by atoms with E-state index in [9.17, 15) is 14.4 Å². The molecule has 1 aliphatic heterocycles. The molecule has 4 rings (SSSR count). The summed E-state index contributed by atoms with van der Waals surface area (Å²) in [6.07, 6.45) is 3.27. The number of hydrogen-bond donors (Lipinski definition) is 1. The van der Waals surface area contributed by atoms with E-state index in [1.807, 2.05) is 18.2 Å². The summed E-state index contributed by atoms with van der Waals surface area (Å²) in [4.78, 5) is 35.1. The summed E-state index contributed by atoms with van der Waals surface area (Å²) >= 11 is 0. The second-order valence-electron chi connectivity index (χ2n) is 7.06. The van der Waals surface area contributed by atoms with Crippen molar-refractivity contribution >= 4 is 28.8 Å². The van der Waals surface area contributed by atoms with Crippen molar-refractivity contribution < 1.29 is 23.6 Å². The van der Waals surface area contributed by atoms with Gasteiger partial charge in [-0.3, -0.25) is 19.7 Å². The van der Waals surface area contributed by atoms with Crippen molar-refractivity contribution in [3.63, 3.8) is 0 Å². The minimum atomic E-state index is -0.463. The molecule has 26 heavy (non-hydrogen) atoms. The highest BCUT2D eigenvalue weighted by atomic mass is 16.5. The summed E-state index contributed by atoms with van der Waals surface area (Å²) in [6, 6.07) is 5.88. The van der Waals surface area contributed by atoms with E-state index in [0.29, 0.717) is 24.1 Å². The van der Waals surface area contributed by atoms with E-state index in [1.165, 1.54) is 7.11 Å². The van der Waals surface area contributed by atoms with Crippen LogP contribution in [0.1, 0.15) is 55.2 Å². The average Bonchev–Trinajstić information content (AvgIpc) is 3.28. The van der Waals surface area contributed by atoms with Crippen molar-refractivity contribution in [1.82, 2.24) is 10.5 Å². The largest absolute Gasteiger partial charge is 0.469 e. The maximum absolute atomic E-state index is 12.1. The predicted molar refractivity (Wildman–Crippen MR) is 91.2 cm³/mol. The highest BCUT2D eigenvalue weighted by Crippen LogP contribution is 2.40. The standard InChI is InChI=1S/C19H20N2O5/c1-25-19(24)12-3-2-10(8-12)11-4-5-13-15(9-11)26-21-17(13)14-6-7-16(22)20-18(14)23/h4-5,9-10,12,14H,2-3,6-8H2,1H3,(H,20,22,23). The first-order valence-corrected chi connectivity index (χ1v) is 8.87. The molecule has 7 heteroatoms. The second-order valence-corrected chi connectivity index (χ2v) is 7.06. The van der Waals surface area contributed by atoms with Crippen molar-refractivity contribution in [3.05, 3.63) is 29.5 Å². The fourth-order valence-corrected chi connectivity index (χ4v) is 4.10. The van der Waals surface area contributed by atoms with Gasteiger partial charge in [0.05, 0.1) is 18.9 Å². The summed E-state index contributed by atoms with van der Waals surface area (Å²) in [5.41, 5.74) is 2.31. The van der Waals surface area contributed by atoms with Crippen LogP contribution in [-0.4, -0.2) is 30.1 Å². The van der Waals surface area contributed by atoms with E-state index in [0.717, 1.165) is 30.2 Å². The molecule has 2 amide bonds. The van der Waals surface area contributed by atoms with Crippen molar-refractivity contribution in [1.29, 1.82) is 0 Å². The molecule has 1 aromatic heterocycles. The van der Waals surface area contributed by atoms with Gasteiger partial charge in [-0.1, -0.05) is 11.2 Å². The Bertz CT molecular complexity index is 887. The molecule has 0 bridgehead atoms. The molecule has 1 aliphatic carbocycles. The molecule has 2 fully saturated rings. The lowest BCUT2D eigenvalue weighted by Crippen LogP contribution is -2.39. The third kappa shape index (κ3) is 2.87. The van der Waals surface area contributed by atoms with Gasteiger partial charge in [0.25, 0.3) is 0 Å². The maximum atomic E-state index is 12.1. The van der Waals surface area contributed by atoms with Crippen molar-refractivity contribution in [2.75, 3.05) is 7.11 Å². The zero-order valence-electron chi connectivity index (χ0n) is 14.5. The number of amides is 2. The van der Waals surface area contributed by atoms with Crippen LogP contribution >= 0.6 is 0 Å². The lowest BCUT2D eigenvalue weighted by molar-refractivity contribution is -0.145. The Morgan fingerprint density at radius 3 is 2.88 bits per heavy atom. The molecule has 2 aliphatic rings. The minimum absolute atomic E-state index is 0.0468. The summed E-state index contributed by atoms with van der Waals surface area (Å²) in [7, 11) is 1.42. The van der Waals surface area contributed by atoms with E-state index in [-0.39, 0.29) is 29.6 Å². The fraction of sp³-hybridized carbons (Fsp3) is 0.474. The molecule has 1 saturated heterocycles. The van der Waals surface area contributed by atoms with E-state index in [4.69, 9.17) is 9.26 Å². The molecular weight excluding hydrogens is 336 g/mol. The van der Waals surface area contributed by atoms with Crippen LogP contribution in [0.5, 0.6) is 0 Å². The summed E-state index contributed by atoms with van der Waals surface area (Å²) in [5.74, 6) is -0.939. The number of benzene rings is 1. The Kier molecular flexibility index (Phi) is 4.22. The Labute approximate surface area is 150 Å². The number of methoxy groups -OCH3 is 1. The monoisotopic (exact) mass is 356 g/mol. The minimum Gasteiger partial charge on any atom is -0.469 e. The fourth-order valence-electron chi connectivity index (χ4n) is 4.10. The highest BCUT2D eigenvalue weighted by molar-refractivity contribution is 6.02. The van der Waals surface area contributed by atoms with Gasteiger partial charge in [-0.2, -0.15) is 0 Å². The normalized spacial score (nSPS) is 26.1. The van der Waals surface area contributed by atoms with Crippen LogP contribution in [-0.2, 0) is 19.1 Å². The molecule has 0 spiro atoms. The molecule has 1 N–H and O–H groups in total. The number of imide groups is 1. The molecule has 7 nitrogen and oxygen atoms in total. The Morgan fingerprint density at radius 2 is 2.12 bits per heavy atom. The third-order valence-corrected chi connectivity index (χ3v) is 5.53. The van der Waals surface area contributed by atoms with E-state index in [2.05, 4.69) is 10.5 Å². The van der Waals surface area contributed by atoms with Crippen molar-refractivity contribution in [3.8, 4) is 0 Å². The van der Waals surface area contributed by atoms with Gasteiger partial charge in [-0.05, 0) is 49.3 Å².